The molecular weight excluding hydrogens is 439 g/mol. The molecule has 6 heteroatoms. The highest BCUT2D eigenvalue weighted by Crippen LogP contribution is 2.17. The molecule has 0 spiro atoms. The predicted molar refractivity (Wildman–Crippen MR) is 119 cm³/mol. The molecule has 1 fully saturated rings. The molecule has 0 aliphatic carbocycles. The Bertz CT molecular complexity index is 589. The van der Waals surface area contributed by atoms with Crippen LogP contribution in [0.25, 0.3) is 0 Å². The van der Waals surface area contributed by atoms with Gasteiger partial charge in [-0.1, -0.05) is 38.1 Å². The highest BCUT2D eigenvalue weighted by molar-refractivity contribution is 14.0. The quantitative estimate of drug-likeness (QED) is 0.264. The number of rotatable bonds is 8. The smallest absolute Gasteiger partial charge is 0.222 e. The van der Waals surface area contributed by atoms with Crippen molar-refractivity contribution < 1.29 is 4.79 Å². The Morgan fingerprint density at radius 1 is 1.23 bits per heavy atom. The van der Waals surface area contributed by atoms with Crippen molar-refractivity contribution in [2.45, 2.75) is 52.6 Å². The van der Waals surface area contributed by atoms with Crippen LogP contribution in [0.4, 0.5) is 0 Å². The van der Waals surface area contributed by atoms with Gasteiger partial charge in [-0.25, -0.2) is 0 Å². The minimum Gasteiger partial charge on any atom is -0.356 e. The molecule has 146 valence electrons. The monoisotopic (exact) mass is 472 g/mol. The molecule has 1 heterocycles. The second kappa shape index (κ2) is 12.1. The fourth-order valence-electron chi connectivity index (χ4n) is 3.08. The highest BCUT2D eigenvalue weighted by Gasteiger charge is 2.20. The van der Waals surface area contributed by atoms with E-state index in [4.69, 9.17) is 0 Å². The van der Waals surface area contributed by atoms with Crippen molar-refractivity contribution >= 4 is 35.8 Å². The zero-order valence-corrected chi connectivity index (χ0v) is 18.6. The first-order chi connectivity index (χ1) is 12.1. The van der Waals surface area contributed by atoms with E-state index in [1.54, 1.807) is 7.05 Å². The molecular formula is C20H33IN4O. The maximum atomic E-state index is 11.9. The number of benzene rings is 1. The summed E-state index contributed by atoms with van der Waals surface area (Å²) in [5.41, 5.74) is 2.42. The molecule has 0 unspecified atom stereocenters. The lowest BCUT2D eigenvalue weighted by molar-refractivity contribution is -0.128. The molecule has 1 aromatic carbocycles. The van der Waals surface area contributed by atoms with Gasteiger partial charge in [0.2, 0.25) is 5.91 Å². The topological polar surface area (TPSA) is 56.7 Å². The van der Waals surface area contributed by atoms with Crippen LogP contribution in [0.2, 0.25) is 0 Å². The van der Waals surface area contributed by atoms with E-state index in [0.717, 1.165) is 37.8 Å². The van der Waals surface area contributed by atoms with Crippen molar-refractivity contribution in [1.29, 1.82) is 0 Å². The number of likely N-dealkylation sites (tertiary alicyclic amines) is 1. The van der Waals surface area contributed by atoms with Crippen molar-refractivity contribution in [1.82, 2.24) is 15.5 Å². The number of halogens is 1. The first-order valence-corrected chi connectivity index (χ1v) is 9.39. The summed E-state index contributed by atoms with van der Waals surface area (Å²) < 4.78 is 0. The number of nitrogens with one attached hydrogen (secondary N) is 2. The number of hydrogen-bond acceptors (Lipinski definition) is 2. The van der Waals surface area contributed by atoms with Crippen molar-refractivity contribution in [3.63, 3.8) is 0 Å². The van der Waals surface area contributed by atoms with E-state index in [1.807, 2.05) is 17.0 Å². The van der Waals surface area contributed by atoms with Crippen LogP contribution in [0.3, 0.4) is 0 Å². The summed E-state index contributed by atoms with van der Waals surface area (Å²) in [5, 5.41) is 6.75. The first kappa shape index (κ1) is 22.7. The average molecular weight is 472 g/mol. The van der Waals surface area contributed by atoms with Gasteiger partial charge in [-0.2, -0.15) is 0 Å². The van der Waals surface area contributed by atoms with Gasteiger partial charge in [-0.05, 0) is 36.3 Å². The standard InChI is InChI=1S/C20H32N4O.HI/c1-16(2)8-6-12-22-20(21-3)23-14-17-9-4-5-10-18(17)15-24-13-7-11-19(24)25;/h4-5,9-10,16H,6-8,11-15H2,1-3H3,(H2,21,22,23);1H. The molecule has 5 nitrogen and oxygen atoms in total. The summed E-state index contributed by atoms with van der Waals surface area (Å²) in [5.74, 6) is 1.83. The Hall–Kier alpha value is -1.31. The maximum Gasteiger partial charge on any atom is 0.222 e. The number of carbonyl (C=O) groups excluding carboxylic acids is 1. The van der Waals surface area contributed by atoms with Crippen molar-refractivity contribution in [2.75, 3.05) is 20.1 Å². The van der Waals surface area contributed by atoms with Gasteiger partial charge in [0.05, 0.1) is 0 Å². The second-order valence-corrected chi connectivity index (χ2v) is 7.08. The molecule has 1 aliphatic heterocycles. The lowest BCUT2D eigenvalue weighted by Crippen LogP contribution is -2.37. The number of aliphatic imine (C=N–C) groups is 1. The van der Waals surface area contributed by atoms with Gasteiger partial charge in [0.25, 0.3) is 0 Å². The Balaban J connectivity index is 0.00000338. The Labute approximate surface area is 175 Å². The molecule has 1 aliphatic rings. The van der Waals surface area contributed by atoms with Gasteiger partial charge in [0.1, 0.15) is 0 Å². The highest BCUT2D eigenvalue weighted by atomic mass is 127. The summed E-state index contributed by atoms with van der Waals surface area (Å²) >= 11 is 0. The first-order valence-electron chi connectivity index (χ1n) is 9.39. The second-order valence-electron chi connectivity index (χ2n) is 7.08. The van der Waals surface area contributed by atoms with Crippen LogP contribution in [-0.4, -0.2) is 36.9 Å². The summed E-state index contributed by atoms with van der Waals surface area (Å²) in [7, 11) is 1.80. The molecule has 0 atom stereocenters. The van der Waals surface area contributed by atoms with Gasteiger partial charge >= 0.3 is 0 Å². The maximum absolute atomic E-state index is 11.9. The fourth-order valence-corrected chi connectivity index (χ4v) is 3.08. The summed E-state index contributed by atoms with van der Waals surface area (Å²) in [4.78, 5) is 18.1. The van der Waals surface area contributed by atoms with Gasteiger partial charge in [-0.15, -0.1) is 24.0 Å². The summed E-state index contributed by atoms with van der Waals surface area (Å²) in [6.07, 6.45) is 4.03. The van der Waals surface area contributed by atoms with E-state index in [9.17, 15) is 4.79 Å². The molecule has 0 aromatic heterocycles. The Morgan fingerprint density at radius 2 is 1.96 bits per heavy atom. The zero-order valence-electron chi connectivity index (χ0n) is 16.3. The van der Waals surface area contributed by atoms with E-state index < -0.39 is 0 Å². The average Bonchev–Trinajstić information content (AvgIpc) is 3.00. The van der Waals surface area contributed by atoms with E-state index in [1.165, 1.54) is 17.5 Å². The molecule has 0 radical (unpaired) electrons. The third-order valence-electron chi connectivity index (χ3n) is 4.57. The van der Waals surface area contributed by atoms with Gasteiger partial charge in [0.15, 0.2) is 5.96 Å². The van der Waals surface area contributed by atoms with Crippen LogP contribution in [0.5, 0.6) is 0 Å². The Morgan fingerprint density at radius 3 is 2.58 bits per heavy atom. The van der Waals surface area contributed by atoms with Crippen molar-refractivity contribution in [3.05, 3.63) is 35.4 Å². The lowest BCUT2D eigenvalue weighted by atomic mass is 10.1. The molecule has 1 amide bonds. The molecule has 0 bridgehead atoms. The molecule has 2 N–H and O–H groups in total. The third kappa shape index (κ3) is 7.51. The lowest BCUT2D eigenvalue weighted by Gasteiger charge is -2.19. The van der Waals surface area contributed by atoms with Crippen molar-refractivity contribution in [3.8, 4) is 0 Å². The van der Waals surface area contributed by atoms with Crippen LogP contribution in [0, 0.1) is 5.92 Å². The van der Waals surface area contributed by atoms with Crippen LogP contribution in [0.15, 0.2) is 29.3 Å². The molecule has 0 saturated carbocycles. The molecule has 2 rings (SSSR count). The molecule has 1 aromatic rings. The zero-order chi connectivity index (χ0) is 18.1. The number of nitrogens with zero attached hydrogens (tertiary/aromatic N) is 2. The van der Waals surface area contributed by atoms with Crippen molar-refractivity contribution in [2.24, 2.45) is 10.9 Å². The van der Waals surface area contributed by atoms with Gasteiger partial charge in [-0.3, -0.25) is 9.79 Å². The fraction of sp³-hybridized carbons (Fsp3) is 0.600. The minimum atomic E-state index is 0. The molecule has 26 heavy (non-hydrogen) atoms. The molecule has 1 saturated heterocycles. The van der Waals surface area contributed by atoms with E-state index in [-0.39, 0.29) is 29.9 Å². The largest absolute Gasteiger partial charge is 0.356 e. The predicted octanol–water partition coefficient (Wildman–Crippen LogP) is 3.53. The van der Waals surface area contributed by atoms with E-state index >= 15 is 0 Å². The van der Waals surface area contributed by atoms with Crippen LogP contribution in [0.1, 0.15) is 50.7 Å². The minimum absolute atomic E-state index is 0. The summed E-state index contributed by atoms with van der Waals surface area (Å²) in [6.45, 7) is 7.71. The Kier molecular flexibility index (Phi) is 10.6. The number of hydrogen-bond donors (Lipinski definition) is 2. The SMILES string of the molecule is CN=C(NCCCC(C)C)NCc1ccccc1CN1CCCC1=O.I. The van der Waals surface area contributed by atoms with Gasteiger partial charge < -0.3 is 15.5 Å². The van der Waals surface area contributed by atoms with Crippen LogP contribution in [-0.2, 0) is 17.9 Å². The van der Waals surface area contributed by atoms with Gasteiger partial charge in [0, 0.05) is 39.6 Å². The number of carbonyl (C=O) groups is 1. The van der Waals surface area contributed by atoms with E-state index in [0.29, 0.717) is 19.5 Å². The third-order valence-corrected chi connectivity index (χ3v) is 4.57. The van der Waals surface area contributed by atoms with E-state index in [2.05, 4.69) is 41.6 Å². The number of amides is 1. The van der Waals surface area contributed by atoms with Crippen LogP contribution >= 0.6 is 24.0 Å². The summed E-state index contributed by atoms with van der Waals surface area (Å²) in [6, 6.07) is 8.32. The number of guanidine groups is 1. The van der Waals surface area contributed by atoms with Crippen LogP contribution < -0.4 is 10.6 Å². The normalized spacial score (nSPS) is 14.5.